The molecule has 0 aliphatic carbocycles. The van der Waals surface area contributed by atoms with Gasteiger partial charge in [-0.2, -0.15) is 0 Å². The molecule has 2 aliphatic heterocycles. The molecule has 0 radical (unpaired) electrons. The molecule has 1 N–H and O–H groups in total. The van der Waals surface area contributed by atoms with Crippen molar-refractivity contribution < 1.29 is 19.2 Å². The van der Waals surface area contributed by atoms with Crippen LogP contribution in [0.2, 0.25) is 0 Å². The lowest BCUT2D eigenvalue weighted by molar-refractivity contribution is -0.135. The van der Waals surface area contributed by atoms with Crippen molar-refractivity contribution in [1.29, 1.82) is 0 Å². The first-order valence-corrected chi connectivity index (χ1v) is 13.7. The van der Waals surface area contributed by atoms with Gasteiger partial charge >= 0.3 is 0 Å². The van der Waals surface area contributed by atoms with Crippen molar-refractivity contribution in [2.75, 3.05) is 19.6 Å². The second-order valence-electron chi connectivity index (χ2n) is 11.6. The van der Waals surface area contributed by atoms with Crippen LogP contribution in [0.3, 0.4) is 0 Å². The Morgan fingerprint density at radius 3 is 1.70 bits per heavy atom. The highest BCUT2D eigenvalue weighted by Gasteiger charge is 2.45. The van der Waals surface area contributed by atoms with Crippen LogP contribution in [0.1, 0.15) is 77.6 Å². The van der Waals surface area contributed by atoms with Gasteiger partial charge in [-0.1, -0.05) is 66.7 Å². The van der Waals surface area contributed by atoms with E-state index < -0.39 is 10.8 Å². The zero-order valence-corrected chi connectivity index (χ0v) is 23.4. The zero-order valence-electron chi connectivity index (χ0n) is 23.4. The van der Waals surface area contributed by atoms with Crippen molar-refractivity contribution >= 4 is 23.6 Å². The second kappa shape index (κ2) is 10.5. The van der Waals surface area contributed by atoms with Crippen molar-refractivity contribution in [3.63, 3.8) is 0 Å². The molecule has 0 fully saturated rings. The van der Waals surface area contributed by atoms with E-state index in [-0.39, 0.29) is 42.8 Å². The summed E-state index contributed by atoms with van der Waals surface area (Å²) in [5.41, 5.74) is 1.93. The number of imide groups is 2. The Bertz CT molecular complexity index is 1480. The third kappa shape index (κ3) is 4.64. The number of benzene rings is 3. The number of carbonyl (C=O) groups excluding carboxylic acids is 4. The van der Waals surface area contributed by atoms with Crippen LogP contribution in [-0.4, -0.2) is 53.1 Å². The Morgan fingerprint density at radius 1 is 0.650 bits per heavy atom. The lowest BCUT2D eigenvalue weighted by Gasteiger charge is -2.39. The van der Waals surface area contributed by atoms with Gasteiger partial charge in [-0.3, -0.25) is 29.0 Å². The molecule has 0 saturated carbocycles. The predicted octanol–water partition coefficient (Wildman–Crippen LogP) is 4.63. The highest BCUT2D eigenvalue weighted by molar-refractivity contribution is 6.13. The van der Waals surface area contributed by atoms with Crippen LogP contribution in [0.5, 0.6) is 0 Å². The molecule has 5 rings (SSSR count). The van der Waals surface area contributed by atoms with Crippen LogP contribution in [0, 0.1) is 0 Å². The zero-order chi connectivity index (χ0) is 28.7. The minimum Gasteiger partial charge on any atom is -0.308 e. The number of carbonyl (C=O) groups is 4. The van der Waals surface area contributed by atoms with Gasteiger partial charge in [0.2, 0.25) is 11.8 Å². The Hall–Kier alpha value is -4.10. The van der Waals surface area contributed by atoms with E-state index in [2.05, 4.69) is 5.32 Å². The molecule has 206 valence electrons. The SMILES string of the molecule is CC1(C)C(=O)N(CCCNC(CN2C(=O)c3ccccc3C(C)(C)C2=O)c2ccccc2)C(=O)c2ccccc21. The number of nitrogens with zero attached hydrogens (tertiary/aromatic N) is 2. The summed E-state index contributed by atoms with van der Waals surface area (Å²) in [4.78, 5) is 56.1. The van der Waals surface area contributed by atoms with Crippen molar-refractivity contribution in [3.05, 3.63) is 107 Å². The molecule has 1 unspecified atom stereocenters. The maximum Gasteiger partial charge on any atom is 0.260 e. The summed E-state index contributed by atoms with van der Waals surface area (Å²) in [5, 5.41) is 3.49. The van der Waals surface area contributed by atoms with Crippen LogP contribution < -0.4 is 5.32 Å². The van der Waals surface area contributed by atoms with Gasteiger partial charge in [0, 0.05) is 24.2 Å². The first kappa shape index (κ1) is 27.5. The minimum absolute atomic E-state index is 0.168. The normalized spacial score (nSPS) is 18.4. The van der Waals surface area contributed by atoms with Gasteiger partial charge in [-0.25, -0.2) is 0 Å². The Labute approximate surface area is 235 Å². The van der Waals surface area contributed by atoms with Gasteiger partial charge < -0.3 is 5.32 Å². The molecule has 7 heteroatoms. The van der Waals surface area contributed by atoms with E-state index in [1.807, 2.05) is 94.4 Å². The number of amides is 4. The lowest BCUT2D eigenvalue weighted by atomic mass is 9.77. The fourth-order valence-electron chi connectivity index (χ4n) is 5.85. The Balaban J connectivity index is 1.31. The molecular formula is C33H35N3O4. The van der Waals surface area contributed by atoms with Crippen LogP contribution in [0.15, 0.2) is 78.9 Å². The number of hydrogen-bond acceptors (Lipinski definition) is 5. The second-order valence-corrected chi connectivity index (χ2v) is 11.6. The number of hydrogen-bond donors (Lipinski definition) is 1. The van der Waals surface area contributed by atoms with Gasteiger partial charge in [-0.15, -0.1) is 0 Å². The van der Waals surface area contributed by atoms with Crippen molar-refractivity contribution in [2.45, 2.75) is 51.0 Å². The Morgan fingerprint density at radius 2 is 1.12 bits per heavy atom. The largest absolute Gasteiger partial charge is 0.308 e. The summed E-state index contributed by atoms with van der Waals surface area (Å²) >= 11 is 0. The van der Waals surface area contributed by atoms with Gasteiger partial charge in [0.05, 0.1) is 16.9 Å². The summed E-state index contributed by atoms with van der Waals surface area (Å²) in [7, 11) is 0. The van der Waals surface area contributed by atoms with Crippen LogP contribution >= 0.6 is 0 Å². The van der Waals surface area contributed by atoms with Crippen molar-refractivity contribution in [1.82, 2.24) is 15.1 Å². The predicted molar refractivity (Wildman–Crippen MR) is 153 cm³/mol. The standard InChI is InChI=1S/C33H35N3O4/c1-32(2)25-17-10-8-15-23(25)28(37)35(30(32)39)20-12-19-34-27(22-13-6-5-7-14-22)21-36-29(38)24-16-9-11-18-26(24)33(3,4)31(36)40/h5-11,13-18,27,34H,12,19-21H2,1-4H3. The fourth-order valence-corrected chi connectivity index (χ4v) is 5.85. The monoisotopic (exact) mass is 537 g/mol. The molecule has 0 spiro atoms. The van der Waals surface area contributed by atoms with Gasteiger partial charge in [0.15, 0.2) is 0 Å². The van der Waals surface area contributed by atoms with E-state index in [0.717, 1.165) is 16.7 Å². The topological polar surface area (TPSA) is 86.8 Å². The molecule has 7 nitrogen and oxygen atoms in total. The molecule has 3 aromatic rings. The minimum atomic E-state index is -0.830. The average Bonchev–Trinajstić information content (AvgIpc) is 2.96. The van der Waals surface area contributed by atoms with E-state index in [4.69, 9.17) is 0 Å². The van der Waals surface area contributed by atoms with Gasteiger partial charge in [-0.05, 0) is 69.5 Å². The third-order valence-electron chi connectivity index (χ3n) is 8.23. The maximum absolute atomic E-state index is 13.6. The average molecular weight is 538 g/mol. The van der Waals surface area contributed by atoms with E-state index in [0.29, 0.717) is 24.1 Å². The fraction of sp³-hybridized carbons (Fsp3) is 0.333. The summed E-state index contributed by atoms with van der Waals surface area (Å²) in [6, 6.07) is 23.9. The first-order chi connectivity index (χ1) is 19.0. The third-order valence-corrected chi connectivity index (χ3v) is 8.23. The molecule has 2 heterocycles. The highest BCUT2D eigenvalue weighted by atomic mass is 16.2. The molecule has 0 bridgehead atoms. The maximum atomic E-state index is 13.6. The molecular weight excluding hydrogens is 502 g/mol. The van der Waals surface area contributed by atoms with Crippen molar-refractivity contribution in [2.24, 2.45) is 0 Å². The smallest absolute Gasteiger partial charge is 0.260 e. The van der Waals surface area contributed by atoms with E-state index in [1.54, 1.807) is 12.1 Å². The summed E-state index contributed by atoms with van der Waals surface area (Å²) in [5.74, 6) is -1.01. The highest BCUT2D eigenvalue weighted by Crippen LogP contribution is 2.36. The molecule has 1 atom stereocenters. The summed E-state index contributed by atoms with van der Waals surface area (Å²) < 4.78 is 0. The number of rotatable bonds is 8. The van der Waals surface area contributed by atoms with Crippen molar-refractivity contribution in [3.8, 4) is 0 Å². The molecule has 4 amide bonds. The van der Waals surface area contributed by atoms with Crippen LogP contribution in [0.25, 0.3) is 0 Å². The van der Waals surface area contributed by atoms with E-state index >= 15 is 0 Å². The molecule has 40 heavy (non-hydrogen) atoms. The quantitative estimate of drug-likeness (QED) is 0.335. The molecule has 0 saturated heterocycles. The molecule has 3 aromatic carbocycles. The summed E-state index contributed by atoms with van der Waals surface area (Å²) in [6.45, 7) is 8.32. The summed E-state index contributed by atoms with van der Waals surface area (Å²) in [6.07, 6.45) is 0.523. The molecule has 0 aromatic heterocycles. The van der Waals surface area contributed by atoms with Gasteiger partial charge in [0.1, 0.15) is 0 Å². The number of fused-ring (bicyclic) bond motifs is 2. The van der Waals surface area contributed by atoms with Gasteiger partial charge in [0.25, 0.3) is 11.8 Å². The Kier molecular flexibility index (Phi) is 7.19. The molecule has 2 aliphatic rings. The first-order valence-electron chi connectivity index (χ1n) is 13.7. The lowest BCUT2D eigenvalue weighted by Crippen LogP contribution is -2.54. The number of nitrogens with one attached hydrogen (secondary N) is 1. The van der Waals surface area contributed by atoms with E-state index in [1.165, 1.54) is 9.80 Å². The van der Waals surface area contributed by atoms with E-state index in [9.17, 15) is 19.2 Å². The van der Waals surface area contributed by atoms with Crippen LogP contribution in [0.4, 0.5) is 0 Å². The van der Waals surface area contributed by atoms with Crippen LogP contribution in [-0.2, 0) is 20.4 Å².